The lowest BCUT2D eigenvalue weighted by molar-refractivity contribution is -0.135. The van der Waals surface area contributed by atoms with E-state index in [1.54, 1.807) is 0 Å². The number of imidazole rings is 1. The van der Waals surface area contributed by atoms with Crippen LogP contribution < -0.4 is 5.32 Å². The first kappa shape index (κ1) is 17.4. The highest BCUT2D eigenvalue weighted by Crippen LogP contribution is 2.21. The Hall–Kier alpha value is -2.41. The molecule has 1 saturated heterocycles. The molecule has 1 aromatic heterocycles. The van der Waals surface area contributed by atoms with Crippen LogP contribution in [0, 0.1) is 0 Å². The molecular weight excluding hydrogens is 320 g/mol. The zero-order valence-electron chi connectivity index (χ0n) is 14.7. The summed E-state index contributed by atoms with van der Waals surface area (Å²) < 4.78 is 7.22. The number of carbonyl (C=O) groups is 2. The molecule has 1 unspecified atom stereocenters. The van der Waals surface area contributed by atoms with Gasteiger partial charge in [0, 0.05) is 19.5 Å². The third kappa shape index (κ3) is 3.82. The summed E-state index contributed by atoms with van der Waals surface area (Å²) in [6, 6.07) is 7.45. The first-order valence-electron chi connectivity index (χ1n) is 8.70. The monoisotopic (exact) mass is 344 g/mol. The molecule has 25 heavy (non-hydrogen) atoms. The van der Waals surface area contributed by atoms with Gasteiger partial charge in [-0.05, 0) is 19.1 Å². The zero-order chi connectivity index (χ0) is 17.8. The maximum atomic E-state index is 12.7. The average Bonchev–Trinajstić information content (AvgIpc) is 3.01. The number of rotatable bonds is 5. The van der Waals surface area contributed by atoms with Crippen LogP contribution in [0.25, 0.3) is 11.0 Å². The second kappa shape index (κ2) is 7.65. The summed E-state index contributed by atoms with van der Waals surface area (Å²) in [5.41, 5.74) is 1.72. The van der Waals surface area contributed by atoms with Gasteiger partial charge in [-0.3, -0.25) is 9.59 Å². The number of benzene rings is 1. The van der Waals surface area contributed by atoms with E-state index < -0.39 is 0 Å². The summed E-state index contributed by atoms with van der Waals surface area (Å²) in [4.78, 5) is 30.9. The van der Waals surface area contributed by atoms with Crippen LogP contribution in [0.5, 0.6) is 0 Å². The fourth-order valence-corrected chi connectivity index (χ4v) is 3.05. The highest BCUT2D eigenvalue weighted by molar-refractivity contribution is 5.82. The van der Waals surface area contributed by atoms with Crippen LogP contribution in [0.1, 0.15) is 32.1 Å². The van der Waals surface area contributed by atoms with Gasteiger partial charge in [0.05, 0.1) is 30.3 Å². The van der Waals surface area contributed by atoms with Crippen molar-refractivity contribution in [2.45, 2.75) is 32.9 Å². The van der Waals surface area contributed by atoms with Crippen LogP contribution in [-0.2, 0) is 20.9 Å². The maximum absolute atomic E-state index is 12.7. The highest BCUT2D eigenvalue weighted by atomic mass is 16.5. The third-order valence-electron chi connectivity index (χ3n) is 4.43. The summed E-state index contributed by atoms with van der Waals surface area (Å²) in [7, 11) is 0. The Bertz CT molecular complexity index is 765. The molecule has 1 atom stereocenters. The molecule has 0 saturated carbocycles. The minimum atomic E-state index is -0.266. The Morgan fingerprint density at radius 3 is 2.72 bits per heavy atom. The van der Waals surface area contributed by atoms with E-state index in [1.165, 1.54) is 0 Å². The molecule has 3 rings (SSSR count). The van der Waals surface area contributed by atoms with Crippen LogP contribution in [0.15, 0.2) is 24.3 Å². The van der Waals surface area contributed by atoms with Crippen molar-refractivity contribution >= 4 is 22.8 Å². The normalized spacial score (nSPS) is 16.0. The minimum Gasteiger partial charge on any atom is -0.378 e. The highest BCUT2D eigenvalue weighted by Gasteiger charge is 2.22. The molecule has 134 valence electrons. The molecule has 7 heteroatoms. The predicted molar refractivity (Wildman–Crippen MR) is 94.0 cm³/mol. The molecule has 1 fully saturated rings. The second-order valence-corrected chi connectivity index (χ2v) is 6.18. The summed E-state index contributed by atoms with van der Waals surface area (Å²) in [6.07, 6.45) is 0.414. The van der Waals surface area contributed by atoms with E-state index in [1.807, 2.05) is 47.6 Å². The molecule has 0 aliphatic carbocycles. The Kier molecular flexibility index (Phi) is 5.33. The molecular formula is C18H24N4O3. The number of carbonyl (C=O) groups excluding carboxylic acids is 2. The van der Waals surface area contributed by atoms with Gasteiger partial charge in [0.25, 0.3) is 0 Å². The van der Waals surface area contributed by atoms with Gasteiger partial charge in [-0.25, -0.2) is 4.98 Å². The van der Waals surface area contributed by atoms with E-state index in [0.717, 1.165) is 11.0 Å². The van der Waals surface area contributed by atoms with Crippen molar-refractivity contribution in [3.8, 4) is 0 Å². The van der Waals surface area contributed by atoms with E-state index in [0.29, 0.717) is 38.5 Å². The van der Waals surface area contributed by atoms with Crippen LogP contribution in [0.3, 0.4) is 0 Å². The molecule has 1 aliphatic rings. The van der Waals surface area contributed by atoms with E-state index in [2.05, 4.69) is 10.3 Å². The summed E-state index contributed by atoms with van der Waals surface area (Å²) in [6.45, 7) is 6.30. The van der Waals surface area contributed by atoms with E-state index >= 15 is 0 Å². The van der Waals surface area contributed by atoms with Crippen molar-refractivity contribution in [3.05, 3.63) is 30.1 Å². The number of fused-ring (bicyclic) bond motifs is 1. The van der Waals surface area contributed by atoms with Gasteiger partial charge in [-0.15, -0.1) is 0 Å². The lowest BCUT2D eigenvalue weighted by atomic mass is 10.3. The SMILES string of the molecule is CCC(=O)NC(C)c1nc2ccccc2n1CC(=O)N1CCOCC1. The molecule has 2 amide bonds. The zero-order valence-corrected chi connectivity index (χ0v) is 14.7. The molecule has 0 radical (unpaired) electrons. The third-order valence-corrected chi connectivity index (χ3v) is 4.43. The Morgan fingerprint density at radius 2 is 2.00 bits per heavy atom. The number of nitrogens with one attached hydrogen (secondary N) is 1. The van der Waals surface area contributed by atoms with Gasteiger partial charge in [0.2, 0.25) is 11.8 Å². The van der Waals surface area contributed by atoms with Gasteiger partial charge in [0.1, 0.15) is 12.4 Å². The molecule has 2 heterocycles. The molecule has 2 aromatic rings. The molecule has 7 nitrogen and oxygen atoms in total. The average molecular weight is 344 g/mol. The Balaban J connectivity index is 1.89. The number of nitrogens with zero attached hydrogens (tertiary/aromatic N) is 3. The van der Waals surface area contributed by atoms with Crippen LogP contribution in [0.4, 0.5) is 0 Å². The van der Waals surface area contributed by atoms with Crippen molar-refractivity contribution in [1.82, 2.24) is 19.8 Å². The van der Waals surface area contributed by atoms with Crippen molar-refractivity contribution < 1.29 is 14.3 Å². The van der Waals surface area contributed by atoms with E-state index in [4.69, 9.17) is 4.74 Å². The van der Waals surface area contributed by atoms with Crippen molar-refractivity contribution in [3.63, 3.8) is 0 Å². The standard InChI is InChI=1S/C18H24N4O3/c1-3-16(23)19-13(2)18-20-14-6-4-5-7-15(14)22(18)12-17(24)21-8-10-25-11-9-21/h4-7,13H,3,8-12H2,1-2H3,(H,19,23). The fraction of sp³-hybridized carbons (Fsp3) is 0.500. The predicted octanol–water partition coefficient (Wildman–Crippen LogP) is 1.48. The van der Waals surface area contributed by atoms with Crippen LogP contribution in [0.2, 0.25) is 0 Å². The van der Waals surface area contributed by atoms with Crippen molar-refractivity contribution in [2.75, 3.05) is 26.3 Å². The minimum absolute atomic E-state index is 0.0365. The van der Waals surface area contributed by atoms with Gasteiger partial charge in [-0.1, -0.05) is 19.1 Å². The van der Waals surface area contributed by atoms with Gasteiger partial charge in [0.15, 0.2) is 0 Å². The number of hydrogen-bond acceptors (Lipinski definition) is 4. The van der Waals surface area contributed by atoms with Gasteiger partial charge < -0.3 is 19.5 Å². The van der Waals surface area contributed by atoms with Crippen LogP contribution in [-0.4, -0.2) is 52.6 Å². The molecule has 0 bridgehead atoms. The lowest BCUT2D eigenvalue weighted by Gasteiger charge is -2.27. The quantitative estimate of drug-likeness (QED) is 0.891. The summed E-state index contributed by atoms with van der Waals surface area (Å²) in [5, 5.41) is 2.93. The van der Waals surface area contributed by atoms with Crippen molar-refractivity contribution in [2.24, 2.45) is 0 Å². The lowest BCUT2D eigenvalue weighted by Crippen LogP contribution is -2.42. The number of morpholine rings is 1. The summed E-state index contributed by atoms with van der Waals surface area (Å²) >= 11 is 0. The molecule has 1 aromatic carbocycles. The van der Waals surface area contributed by atoms with Crippen molar-refractivity contribution in [1.29, 1.82) is 0 Å². The Labute approximate surface area is 147 Å². The molecule has 1 aliphatic heterocycles. The van der Waals surface area contributed by atoms with E-state index in [-0.39, 0.29) is 24.4 Å². The first-order valence-corrected chi connectivity index (χ1v) is 8.70. The summed E-state index contributed by atoms with van der Waals surface area (Å²) in [5.74, 6) is 0.706. The first-order chi connectivity index (χ1) is 12.1. The molecule has 1 N–H and O–H groups in total. The smallest absolute Gasteiger partial charge is 0.242 e. The fourth-order valence-electron chi connectivity index (χ4n) is 3.05. The molecule has 0 spiro atoms. The van der Waals surface area contributed by atoms with Crippen LogP contribution >= 0.6 is 0 Å². The topological polar surface area (TPSA) is 76.5 Å². The maximum Gasteiger partial charge on any atom is 0.242 e. The van der Waals surface area contributed by atoms with E-state index in [9.17, 15) is 9.59 Å². The Morgan fingerprint density at radius 1 is 1.28 bits per heavy atom. The van der Waals surface area contributed by atoms with Gasteiger partial charge >= 0.3 is 0 Å². The number of aromatic nitrogens is 2. The number of para-hydroxylation sites is 2. The number of amides is 2. The second-order valence-electron chi connectivity index (χ2n) is 6.18. The number of ether oxygens (including phenoxy) is 1. The largest absolute Gasteiger partial charge is 0.378 e. The van der Waals surface area contributed by atoms with Gasteiger partial charge in [-0.2, -0.15) is 0 Å². The number of hydrogen-bond donors (Lipinski definition) is 1.